The maximum atomic E-state index is 12.5. The number of amides is 1. The molecule has 0 spiro atoms. The molecule has 0 unspecified atom stereocenters. The fraction of sp³-hybridized carbons (Fsp3) is 0.353. The SMILES string of the molecule is Cn1nccc1C1CCN(C(=O)c2ccc(C(=O)O)cc2)CC1. The number of aromatic nitrogens is 2. The molecule has 0 atom stereocenters. The van der Waals surface area contributed by atoms with Gasteiger partial charge in [0.25, 0.3) is 5.91 Å². The first-order valence-corrected chi connectivity index (χ1v) is 7.67. The van der Waals surface area contributed by atoms with Gasteiger partial charge in [-0.1, -0.05) is 0 Å². The Labute approximate surface area is 134 Å². The number of benzene rings is 1. The topological polar surface area (TPSA) is 75.4 Å². The lowest BCUT2D eigenvalue weighted by Crippen LogP contribution is -2.38. The Hall–Kier alpha value is -2.63. The molecule has 2 heterocycles. The lowest BCUT2D eigenvalue weighted by atomic mass is 9.93. The van der Waals surface area contributed by atoms with Crippen molar-refractivity contribution in [3.05, 3.63) is 53.3 Å². The number of carboxylic acids is 1. The minimum Gasteiger partial charge on any atom is -0.478 e. The predicted octanol–water partition coefficient (Wildman–Crippen LogP) is 2.14. The zero-order valence-corrected chi connectivity index (χ0v) is 13.0. The van der Waals surface area contributed by atoms with Crippen molar-refractivity contribution < 1.29 is 14.7 Å². The van der Waals surface area contributed by atoms with Crippen molar-refractivity contribution >= 4 is 11.9 Å². The van der Waals surface area contributed by atoms with Crippen LogP contribution in [0.1, 0.15) is 45.2 Å². The van der Waals surface area contributed by atoms with Crippen LogP contribution in [0.3, 0.4) is 0 Å². The van der Waals surface area contributed by atoms with E-state index in [2.05, 4.69) is 5.10 Å². The van der Waals surface area contributed by atoms with E-state index in [0.29, 0.717) is 24.6 Å². The number of nitrogens with zero attached hydrogens (tertiary/aromatic N) is 3. The van der Waals surface area contributed by atoms with Gasteiger partial charge in [-0.2, -0.15) is 5.10 Å². The fourth-order valence-corrected chi connectivity index (χ4v) is 3.10. The molecule has 0 radical (unpaired) electrons. The van der Waals surface area contributed by atoms with Gasteiger partial charge in [-0.3, -0.25) is 9.48 Å². The monoisotopic (exact) mass is 313 g/mol. The van der Waals surface area contributed by atoms with E-state index in [0.717, 1.165) is 12.8 Å². The highest BCUT2D eigenvalue weighted by Crippen LogP contribution is 2.28. The summed E-state index contributed by atoms with van der Waals surface area (Å²) in [5, 5.41) is 13.1. The summed E-state index contributed by atoms with van der Waals surface area (Å²) in [4.78, 5) is 25.2. The minimum atomic E-state index is -0.985. The summed E-state index contributed by atoms with van der Waals surface area (Å²) in [7, 11) is 1.94. The first-order valence-electron chi connectivity index (χ1n) is 7.67. The second kappa shape index (κ2) is 6.24. The molecule has 0 bridgehead atoms. The molecule has 6 nitrogen and oxygen atoms in total. The Morgan fingerprint density at radius 3 is 2.22 bits per heavy atom. The second-order valence-corrected chi connectivity index (χ2v) is 5.83. The van der Waals surface area contributed by atoms with E-state index in [1.54, 1.807) is 18.3 Å². The van der Waals surface area contributed by atoms with Crippen molar-refractivity contribution in [1.29, 1.82) is 0 Å². The third-order valence-corrected chi connectivity index (χ3v) is 4.44. The number of hydrogen-bond acceptors (Lipinski definition) is 3. The number of rotatable bonds is 3. The maximum absolute atomic E-state index is 12.5. The van der Waals surface area contributed by atoms with Gasteiger partial charge >= 0.3 is 5.97 Å². The van der Waals surface area contributed by atoms with Crippen LogP contribution in [0.15, 0.2) is 36.5 Å². The highest BCUT2D eigenvalue weighted by atomic mass is 16.4. The van der Waals surface area contributed by atoms with E-state index in [9.17, 15) is 9.59 Å². The van der Waals surface area contributed by atoms with E-state index in [1.165, 1.54) is 17.8 Å². The largest absolute Gasteiger partial charge is 0.478 e. The number of carbonyl (C=O) groups excluding carboxylic acids is 1. The molecule has 1 aromatic heterocycles. The minimum absolute atomic E-state index is 0.0367. The van der Waals surface area contributed by atoms with Crippen LogP contribution in [0, 0.1) is 0 Å². The molecule has 2 aromatic rings. The molecule has 0 saturated carbocycles. The van der Waals surface area contributed by atoms with Crippen LogP contribution in [-0.2, 0) is 7.05 Å². The molecule has 1 amide bonds. The third kappa shape index (κ3) is 3.11. The van der Waals surface area contributed by atoms with Crippen molar-refractivity contribution in [3.8, 4) is 0 Å². The van der Waals surface area contributed by atoms with Crippen LogP contribution >= 0.6 is 0 Å². The lowest BCUT2D eigenvalue weighted by molar-refractivity contribution is 0.0688. The summed E-state index contributed by atoms with van der Waals surface area (Å²) in [5.41, 5.74) is 1.94. The fourth-order valence-electron chi connectivity index (χ4n) is 3.10. The molecular formula is C17H19N3O3. The van der Waals surface area contributed by atoms with Crippen LogP contribution in [0.25, 0.3) is 0 Å². The van der Waals surface area contributed by atoms with E-state index < -0.39 is 5.97 Å². The Morgan fingerprint density at radius 1 is 1.09 bits per heavy atom. The zero-order chi connectivity index (χ0) is 16.4. The van der Waals surface area contributed by atoms with Crippen molar-refractivity contribution in [2.75, 3.05) is 13.1 Å². The van der Waals surface area contributed by atoms with Crippen LogP contribution in [-0.4, -0.2) is 44.8 Å². The average Bonchev–Trinajstić information content (AvgIpc) is 3.00. The van der Waals surface area contributed by atoms with Crippen LogP contribution in [0.5, 0.6) is 0 Å². The predicted molar refractivity (Wildman–Crippen MR) is 84.5 cm³/mol. The standard InChI is InChI=1S/C17H19N3O3/c1-19-15(6-9-18-19)12-7-10-20(11-8-12)16(21)13-2-4-14(5-3-13)17(22)23/h2-6,9,12H,7-8,10-11H2,1H3,(H,22,23). The number of aromatic carboxylic acids is 1. The summed E-state index contributed by atoms with van der Waals surface area (Å²) in [5.74, 6) is -0.590. The molecule has 120 valence electrons. The summed E-state index contributed by atoms with van der Waals surface area (Å²) in [6.45, 7) is 1.41. The first-order chi connectivity index (χ1) is 11.1. The van der Waals surface area contributed by atoms with Gasteiger partial charge in [0.15, 0.2) is 0 Å². The third-order valence-electron chi connectivity index (χ3n) is 4.44. The van der Waals surface area contributed by atoms with Gasteiger partial charge in [0.05, 0.1) is 5.56 Å². The molecule has 1 aromatic carbocycles. The van der Waals surface area contributed by atoms with Gasteiger partial charge in [0.1, 0.15) is 0 Å². The average molecular weight is 313 g/mol. The summed E-state index contributed by atoms with van der Waals surface area (Å²) in [6.07, 6.45) is 3.63. The van der Waals surface area contributed by atoms with E-state index in [1.807, 2.05) is 22.7 Å². The molecule has 1 aliphatic heterocycles. The van der Waals surface area contributed by atoms with Gasteiger partial charge in [0.2, 0.25) is 0 Å². The van der Waals surface area contributed by atoms with Crippen molar-refractivity contribution in [2.45, 2.75) is 18.8 Å². The smallest absolute Gasteiger partial charge is 0.335 e. The van der Waals surface area contributed by atoms with Crippen molar-refractivity contribution in [3.63, 3.8) is 0 Å². The number of carboxylic acid groups (broad SMARTS) is 1. The number of carbonyl (C=O) groups is 2. The Morgan fingerprint density at radius 2 is 1.70 bits per heavy atom. The maximum Gasteiger partial charge on any atom is 0.335 e. The van der Waals surface area contributed by atoms with E-state index >= 15 is 0 Å². The zero-order valence-electron chi connectivity index (χ0n) is 13.0. The van der Waals surface area contributed by atoms with Crippen LogP contribution in [0.4, 0.5) is 0 Å². The highest BCUT2D eigenvalue weighted by molar-refractivity contribution is 5.96. The lowest BCUT2D eigenvalue weighted by Gasteiger charge is -2.32. The molecule has 3 rings (SSSR count). The van der Waals surface area contributed by atoms with Gasteiger partial charge in [0, 0.05) is 43.5 Å². The summed E-state index contributed by atoms with van der Waals surface area (Å²) < 4.78 is 1.90. The molecule has 1 N–H and O–H groups in total. The second-order valence-electron chi connectivity index (χ2n) is 5.83. The van der Waals surface area contributed by atoms with E-state index in [-0.39, 0.29) is 11.5 Å². The summed E-state index contributed by atoms with van der Waals surface area (Å²) >= 11 is 0. The highest BCUT2D eigenvalue weighted by Gasteiger charge is 2.26. The van der Waals surface area contributed by atoms with Gasteiger partial charge in [-0.25, -0.2) is 4.79 Å². The quantitative estimate of drug-likeness (QED) is 0.942. The first kappa shape index (κ1) is 15.3. The number of piperidine rings is 1. The Balaban J connectivity index is 1.64. The molecule has 6 heteroatoms. The summed E-state index contributed by atoms with van der Waals surface area (Å²) in [6, 6.07) is 8.14. The molecule has 0 aliphatic carbocycles. The number of hydrogen-bond donors (Lipinski definition) is 1. The van der Waals surface area contributed by atoms with Crippen molar-refractivity contribution in [2.24, 2.45) is 7.05 Å². The number of likely N-dealkylation sites (tertiary alicyclic amines) is 1. The number of aryl methyl sites for hydroxylation is 1. The van der Waals surface area contributed by atoms with Gasteiger partial charge < -0.3 is 10.0 Å². The Kier molecular flexibility index (Phi) is 4.14. The van der Waals surface area contributed by atoms with E-state index in [4.69, 9.17) is 5.11 Å². The Bertz CT molecular complexity index is 713. The molecular weight excluding hydrogens is 294 g/mol. The van der Waals surface area contributed by atoms with Gasteiger partial charge in [-0.15, -0.1) is 0 Å². The molecule has 23 heavy (non-hydrogen) atoms. The molecule has 1 aliphatic rings. The van der Waals surface area contributed by atoms with Crippen molar-refractivity contribution in [1.82, 2.24) is 14.7 Å². The van der Waals surface area contributed by atoms with Crippen LogP contribution in [0.2, 0.25) is 0 Å². The molecule has 1 fully saturated rings. The van der Waals surface area contributed by atoms with Crippen LogP contribution < -0.4 is 0 Å². The van der Waals surface area contributed by atoms with Gasteiger partial charge in [-0.05, 0) is 43.2 Å². The normalized spacial score (nSPS) is 15.6. The molecule has 1 saturated heterocycles.